The summed E-state index contributed by atoms with van der Waals surface area (Å²) in [5.41, 5.74) is 1.56. The Morgan fingerprint density at radius 3 is 2.46 bits per heavy atom. The molecule has 5 heterocycles. The zero-order valence-electron chi connectivity index (χ0n) is 27.8. The molecule has 0 bridgehead atoms. The second-order valence-corrected chi connectivity index (χ2v) is 15.3. The number of hydrogen-bond acceptors (Lipinski definition) is 10. The van der Waals surface area contributed by atoms with Crippen molar-refractivity contribution in [3.05, 3.63) is 48.5 Å². The lowest BCUT2D eigenvalue weighted by atomic mass is 10.1. The van der Waals surface area contributed by atoms with Crippen molar-refractivity contribution in [1.29, 1.82) is 0 Å². The van der Waals surface area contributed by atoms with Gasteiger partial charge in [-0.3, -0.25) is 14.9 Å². The number of fused-ring (bicyclic) bond motifs is 5. The second-order valence-electron chi connectivity index (χ2n) is 14.3. The highest BCUT2D eigenvalue weighted by Crippen LogP contribution is 2.49. The van der Waals surface area contributed by atoms with E-state index in [1.807, 2.05) is 39.0 Å². The van der Waals surface area contributed by atoms with Crippen molar-refractivity contribution in [1.82, 2.24) is 30.2 Å². The van der Waals surface area contributed by atoms with Crippen molar-refractivity contribution in [3.63, 3.8) is 0 Å². The highest BCUT2D eigenvalue weighted by Gasteiger charge is 2.57. The first-order chi connectivity index (χ1) is 22.6. The molecule has 250 valence electrons. The molecular weight excluding hydrogens is 635 g/mol. The molecule has 1 aromatic carbocycles. The Morgan fingerprint density at radius 1 is 1.02 bits per heavy atom. The Balaban J connectivity index is 1.27. The number of alkyl carbamates (subject to hydrolysis) is 1. The molecule has 7 rings (SSSR count). The molecule has 48 heavy (non-hydrogen) atoms. The summed E-state index contributed by atoms with van der Waals surface area (Å²) in [7, 11) is 1.55. The van der Waals surface area contributed by atoms with Crippen LogP contribution in [0.15, 0.2) is 52.8 Å². The highest BCUT2D eigenvalue weighted by atomic mass is 32.2. The van der Waals surface area contributed by atoms with Crippen LogP contribution in [0.2, 0.25) is 0 Å². The second kappa shape index (κ2) is 11.5. The Bertz CT molecular complexity index is 2080. The average Bonchev–Trinajstić information content (AvgIpc) is 3.29. The molecule has 2 N–H and O–H groups in total. The van der Waals surface area contributed by atoms with Crippen molar-refractivity contribution >= 4 is 68.4 Å². The third-order valence-corrected chi connectivity index (χ3v) is 9.13. The number of H-pyrrole nitrogens is 1. The van der Waals surface area contributed by atoms with Gasteiger partial charge in [0.05, 0.1) is 27.6 Å². The van der Waals surface area contributed by atoms with Gasteiger partial charge in [0.1, 0.15) is 28.5 Å². The van der Waals surface area contributed by atoms with Gasteiger partial charge in [0, 0.05) is 60.7 Å². The number of ether oxygens (including phenoxy) is 2. The Hall–Kier alpha value is -4.72. The maximum absolute atomic E-state index is 15.3. The van der Waals surface area contributed by atoms with Crippen molar-refractivity contribution < 1.29 is 23.5 Å². The van der Waals surface area contributed by atoms with Gasteiger partial charge in [-0.2, -0.15) is 0 Å². The predicted molar refractivity (Wildman–Crippen MR) is 182 cm³/mol. The zero-order chi connectivity index (χ0) is 34.1. The molecule has 0 unspecified atom stereocenters. The molecule has 2 aliphatic rings. The van der Waals surface area contributed by atoms with Gasteiger partial charge in [-0.05, 0) is 83.6 Å². The number of carbonyl (C=O) groups is 2. The van der Waals surface area contributed by atoms with Crippen LogP contribution in [0.3, 0.4) is 0 Å². The number of benzene rings is 1. The largest absolute Gasteiger partial charge is 0.444 e. The molecule has 1 saturated heterocycles. The van der Waals surface area contributed by atoms with Gasteiger partial charge in [-0.15, -0.1) is 0 Å². The summed E-state index contributed by atoms with van der Waals surface area (Å²) in [4.78, 5) is 52.0. The number of amides is 2. The fourth-order valence-corrected chi connectivity index (χ4v) is 6.98. The first-order valence-electron chi connectivity index (χ1n) is 15.8. The Kier molecular flexibility index (Phi) is 7.61. The van der Waals surface area contributed by atoms with Crippen LogP contribution in [0.1, 0.15) is 41.5 Å². The van der Waals surface area contributed by atoms with Gasteiger partial charge in [-0.25, -0.2) is 23.9 Å². The highest BCUT2D eigenvalue weighted by molar-refractivity contribution is 7.99. The van der Waals surface area contributed by atoms with E-state index >= 15 is 4.39 Å². The summed E-state index contributed by atoms with van der Waals surface area (Å²) >= 11 is 1.35. The van der Waals surface area contributed by atoms with Crippen LogP contribution >= 0.6 is 11.8 Å². The molecule has 12 nitrogen and oxygen atoms in total. The van der Waals surface area contributed by atoms with E-state index in [4.69, 9.17) is 19.4 Å². The third-order valence-electron chi connectivity index (χ3n) is 8.31. The number of aromatic nitrogens is 5. The van der Waals surface area contributed by atoms with Crippen LogP contribution in [0.5, 0.6) is 0 Å². The minimum atomic E-state index is -0.733. The summed E-state index contributed by atoms with van der Waals surface area (Å²) in [5.74, 6) is 0.551. The van der Waals surface area contributed by atoms with Crippen molar-refractivity contribution in [2.75, 3.05) is 29.9 Å². The molecule has 0 radical (unpaired) electrons. The van der Waals surface area contributed by atoms with E-state index in [1.54, 1.807) is 40.2 Å². The summed E-state index contributed by atoms with van der Waals surface area (Å²) in [6.45, 7) is 12.1. The van der Waals surface area contributed by atoms with Crippen LogP contribution in [-0.4, -0.2) is 74.5 Å². The molecule has 1 saturated carbocycles. The number of nitrogens with one attached hydrogen (secondary N) is 2. The number of halogens is 1. The van der Waals surface area contributed by atoms with Gasteiger partial charge in [-0.1, -0.05) is 0 Å². The lowest BCUT2D eigenvalue weighted by molar-refractivity contribution is 0.0516. The number of nitrogens with zero attached hydrogens (tertiary/aromatic N) is 6. The van der Waals surface area contributed by atoms with Crippen LogP contribution in [0, 0.1) is 17.7 Å². The van der Waals surface area contributed by atoms with Crippen LogP contribution in [0.4, 0.5) is 25.5 Å². The summed E-state index contributed by atoms with van der Waals surface area (Å²) in [6, 6.07) is 8.42. The van der Waals surface area contributed by atoms with E-state index in [1.165, 1.54) is 28.8 Å². The Morgan fingerprint density at radius 2 is 1.75 bits per heavy atom. The lowest BCUT2D eigenvalue weighted by Gasteiger charge is -2.25. The lowest BCUT2D eigenvalue weighted by Crippen LogP contribution is -2.38. The minimum absolute atomic E-state index is 0.00735. The number of carbonyl (C=O) groups excluding carboxylic acids is 2. The smallest absolute Gasteiger partial charge is 0.414 e. The molecule has 2 amide bonds. The number of pyridine rings is 2. The number of anilines is 2. The molecular formula is C34H37FN8O4S. The summed E-state index contributed by atoms with van der Waals surface area (Å²) in [6.07, 6.45) is 2.44. The predicted octanol–water partition coefficient (Wildman–Crippen LogP) is 6.68. The third kappa shape index (κ3) is 6.28. The maximum atomic E-state index is 15.3. The average molecular weight is 673 g/mol. The van der Waals surface area contributed by atoms with Crippen LogP contribution in [-0.2, 0) is 9.47 Å². The normalized spacial score (nSPS) is 19.1. The van der Waals surface area contributed by atoms with Crippen LogP contribution < -0.4 is 15.1 Å². The number of aromatic amines is 1. The minimum Gasteiger partial charge on any atom is -0.444 e. The first-order valence-corrected chi connectivity index (χ1v) is 16.6. The van der Waals surface area contributed by atoms with Crippen molar-refractivity contribution in [2.45, 2.75) is 68.8 Å². The number of hydrogen-bond donors (Lipinski definition) is 2. The fraction of sp³-hybridized carbons (Fsp3) is 0.412. The molecule has 0 spiro atoms. The van der Waals surface area contributed by atoms with Gasteiger partial charge < -0.3 is 24.7 Å². The standard InChI is InChI=1S/C34H37FN8O4S/c1-33(2,3)46-31(44)39-26-20-15-43(16-21(20)26)29-25-19-11-17(35)12-24(42(7)32(45)47-34(4,5)6)27(19)38-28(25)40-30(41-29)48-18-13-23-22(37-14-18)9-8-10-36-23/h8-14,20-21,26H,15-16H2,1-7H3,(H,39,44)(H,38,40,41)/t20-,21+,26+. The van der Waals surface area contributed by atoms with E-state index in [0.29, 0.717) is 51.7 Å². The fourth-order valence-electron chi connectivity index (χ4n) is 6.23. The monoisotopic (exact) mass is 672 g/mol. The van der Waals surface area contributed by atoms with Gasteiger partial charge in [0.15, 0.2) is 5.16 Å². The van der Waals surface area contributed by atoms with Crippen LogP contribution in [0.25, 0.3) is 33.0 Å². The molecule has 4 aromatic heterocycles. The quantitative estimate of drug-likeness (QED) is 0.195. The van der Waals surface area contributed by atoms with E-state index < -0.39 is 29.2 Å². The van der Waals surface area contributed by atoms with Crippen molar-refractivity contribution in [3.8, 4) is 0 Å². The van der Waals surface area contributed by atoms with Gasteiger partial charge in [0.2, 0.25) is 0 Å². The summed E-state index contributed by atoms with van der Waals surface area (Å²) < 4.78 is 26.4. The zero-order valence-corrected chi connectivity index (χ0v) is 28.6. The molecule has 1 aliphatic carbocycles. The SMILES string of the molecule is CN(C(=O)OC(C)(C)C)c1cc(F)cc2c1[nH]c1nc(Sc3cnc4cccnc4c3)nc(N3C[C@@H]4[C@H](C3)[C@H]4NC(=O)OC(C)(C)C)c12. The van der Waals surface area contributed by atoms with E-state index in [2.05, 4.69) is 25.2 Å². The van der Waals surface area contributed by atoms with Crippen molar-refractivity contribution in [2.24, 2.45) is 11.8 Å². The molecule has 3 atom stereocenters. The number of piperidine rings is 1. The van der Waals surface area contributed by atoms with Gasteiger partial charge >= 0.3 is 12.2 Å². The molecule has 1 aliphatic heterocycles. The number of rotatable bonds is 5. The summed E-state index contributed by atoms with van der Waals surface area (Å²) in [5, 5.41) is 4.67. The topological polar surface area (TPSA) is 138 Å². The molecule has 14 heteroatoms. The first kappa shape index (κ1) is 31.9. The Labute approximate surface area is 280 Å². The van der Waals surface area contributed by atoms with E-state index in [9.17, 15) is 9.59 Å². The van der Waals surface area contributed by atoms with E-state index in [-0.39, 0.29) is 17.9 Å². The van der Waals surface area contributed by atoms with E-state index in [0.717, 1.165) is 15.9 Å². The maximum Gasteiger partial charge on any atom is 0.414 e. The molecule has 5 aromatic rings. The van der Waals surface area contributed by atoms with Gasteiger partial charge in [0.25, 0.3) is 0 Å². The molecule has 2 fully saturated rings.